The van der Waals surface area contributed by atoms with Crippen molar-refractivity contribution in [3.05, 3.63) is 28.2 Å². The van der Waals surface area contributed by atoms with E-state index in [2.05, 4.69) is 15.9 Å². The number of carbonyl (C=O) groups is 1. The van der Waals surface area contributed by atoms with Crippen molar-refractivity contribution in [2.24, 2.45) is 0 Å². The lowest BCUT2D eigenvalue weighted by molar-refractivity contribution is -0.124. The minimum Gasteiger partial charge on any atom is -0.480 e. The predicted octanol–water partition coefficient (Wildman–Crippen LogP) is 3.47. The maximum Gasteiger partial charge on any atom is 0.200 e. The summed E-state index contributed by atoms with van der Waals surface area (Å²) in [5.41, 5.74) is 0. The lowest BCUT2D eigenvalue weighted by Crippen LogP contribution is -2.23. The van der Waals surface area contributed by atoms with Crippen LogP contribution in [-0.2, 0) is 4.79 Å². The third-order valence-corrected chi connectivity index (χ3v) is 2.52. The van der Waals surface area contributed by atoms with Crippen molar-refractivity contribution < 1.29 is 18.3 Å². The zero-order chi connectivity index (χ0) is 12.3. The van der Waals surface area contributed by atoms with Crippen LogP contribution >= 0.6 is 15.9 Å². The van der Waals surface area contributed by atoms with Gasteiger partial charge in [0.2, 0.25) is 5.82 Å². The van der Waals surface area contributed by atoms with Gasteiger partial charge in [-0.1, -0.05) is 22.9 Å². The van der Waals surface area contributed by atoms with Crippen molar-refractivity contribution in [2.75, 3.05) is 0 Å². The van der Waals surface area contributed by atoms with Gasteiger partial charge < -0.3 is 4.74 Å². The molecule has 0 N–H and O–H groups in total. The largest absolute Gasteiger partial charge is 0.480 e. The normalized spacial score (nSPS) is 12.3. The number of Topliss-reactive ketones (excluding diaryl/α,β-unsaturated/α-hetero) is 1. The third-order valence-electron chi connectivity index (χ3n) is 2.07. The summed E-state index contributed by atoms with van der Waals surface area (Å²) in [6.45, 7) is 3.18. The Morgan fingerprint density at radius 3 is 2.69 bits per heavy atom. The monoisotopic (exact) mass is 292 g/mol. The molecule has 0 aliphatic heterocycles. The molecular formula is C11H11BrF2O2. The summed E-state index contributed by atoms with van der Waals surface area (Å²) in [7, 11) is 0. The van der Waals surface area contributed by atoms with Crippen molar-refractivity contribution >= 4 is 21.7 Å². The second-order valence-electron chi connectivity index (χ2n) is 3.28. The van der Waals surface area contributed by atoms with Gasteiger partial charge in [0.05, 0.1) is 0 Å². The van der Waals surface area contributed by atoms with Crippen LogP contribution in [0.25, 0.3) is 0 Å². The molecule has 88 valence electrons. The quantitative estimate of drug-likeness (QED) is 0.794. The molecule has 1 rings (SSSR count). The van der Waals surface area contributed by atoms with Crippen LogP contribution in [0.15, 0.2) is 16.6 Å². The number of hydrogen-bond donors (Lipinski definition) is 0. The first-order valence-corrected chi connectivity index (χ1v) is 5.59. The molecule has 2 nitrogen and oxygen atoms in total. The van der Waals surface area contributed by atoms with Gasteiger partial charge in [0.15, 0.2) is 23.5 Å². The molecule has 0 heterocycles. The Balaban J connectivity index is 2.93. The zero-order valence-electron chi connectivity index (χ0n) is 8.89. The molecule has 0 aromatic heterocycles. The van der Waals surface area contributed by atoms with Crippen molar-refractivity contribution in [2.45, 2.75) is 26.4 Å². The molecule has 1 aromatic rings. The smallest absolute Gasteiger partial charge is 0.200 e. The van der Waals surface area contributed by atoms with E-state index in [-0.39, 0.29) is 11.5 Å². The van der Waals surface area contributed by atoms with E-state index in [1.807, 2.05) is 0 Å². The summed E-state index contributed by atoms with van der Waals surface area (Å²) in [4.78, 5) is 11.2. The number of ketones is 1. The van der Waals surface area contributed by atoms with E-state index < -0.39 is 17.7 Å². The van der Waals surface area contributed by atoms with Gasteiger partial charge in [-0.2, -0.15) is 4.39 Å². The van der Waals surface area contributed by atoms with E-state index in [0.717, 1.165) is 6.07 Å². The Morgan fingerprint density at radius 1 is 1.50 bits per heavy atom. The average Bonchev–Trinajstić information content (AvgIpc) is 2.23. The van der Waals surface area contributed by atoms with Crippen LogP contribution in [0.5, 0.6) is 5.75 Å². The Kier molecular flexibility index (Phi) is 4.41. The van der Waals surface area contributed by atoms with Gasteiger partial charge >= 0.3 is 0 Å². The Labute approximate surface area is 101 Å². The molecule has 16 heavy (non-hydrogen) atoms. The molecule has 0 radical (unpaired) electrons. The molecule has 1 unspecified atom stereocenters. The molecule has 0 aliphatic carbocycles. The maximum absolute atomic E-state index is 13.3. The van der Waals surface area contributed by atoms with Gasteiger partial charge in [-0.05, 0) is 19.1 Å². The van der Waals surface area contributed by atoms with Crippen LogP contribution in [-0.4, -0.2) is 11.9 Å². The fourth-order valence-electron chi connectivity index (χ4n) is 1.16. The molecule has 0 fully saturated rings. The molecule has 0 saturated carbocycles. The highest BCUT2D eigenvalue weighted by Gasteiger charge is 2.17. The standard InChI is InChI=1S/C11H11BrF2O2/c1-3-9(15)6(2)16-10-5-7(12)4-8(13)11(10)14/h4-6H,3H2,1-2H3. The molecular weight excluding hydrogens is 282 g/mol. The molecule has 0 saturated heterocycles. The van der Waals surface area contributed by atoms with Crippen molar-refractivity contribution in [1.82, 2.24) is 0 Å². The van der Waals surface area contributed by atoms with Gasteiger partial charge in [-0.3, -0.25) is 4.79 Å². The molecule has 0 bridgehead atoms. The van der Waals surface area contributed by atoms with Crippen molar-refractivity contribution in [3.8, 4) is 5.75 Å². The summed E-state index contributed by atoms with van der Waals surface area (Å²) < 4.78 is 31.7. The van der Waals surface area contributed by atoms with Gasteiger partial charge in [-0.25, -0.2) is 4.39 Å². The number of ether oxygens (including phenoxy) is 1. The van der Waals surface area contributed by atoms with Crippen LogP contribution < -0.4 is 4.74 Å². The molecule has 0 amide bonds. The fourth-order valence-corrected chi connectivity index (χ4v) is 1.57. The van der Waals surface area contributed by atoms with E-state index in [4.69, 9.17) is 4.74 Å². The highest BCUT2D eigenvalue weighted by molar-refractivity contribution is 9.10. The summed E-state index contributed by atoms with van der Waals surface area (Å²) in [5, 5.41) is 0. The molecule has 1 aromatic carbocycles. The fraction of sp³-hybridized carbons (Fsp3) is 0.364. The number of benzene rings is 1. The first-order valence-electron chi connectivity index (χ1n) is 4.79. The lowest BCUT2D eigenvalue weighted by atomic mass is 10.2. The Hall–Kier alpha value is -0.970. The van der Waals surface area contributed by atoms with Gasteiger partial charge in [0.25, 0.3) is 0 Å². The summed E-state index contributed by atoms with van der Waals surface area (Å²) >= 11 is 3.02. The summed E-state index contributed by atoms with van der Waals surface area (Å²) in [6, 6.07) is 2.28. The van der Waals surface area contributed by atoms with Gasteiger partial charge in [0.1, 0.15) is 0 Å². The maximum atomic E-state index is 13.3. The van der Waals surface area contributed by atoms with Crippen LogP contribution in [0.4, 0.5) is 8.78 Å². The van der Waals surface area contributed by atoms with Crippen LogP contribution in [0.1, 0.15) is 20.3 Å². The third kappa shape index (κ3) is 3.01. The van der Waals surface area contributed by atoms with E-state index in [9.17, 15) is 13.6 Å². The number of rotatable bonds is 4. The van der Waals surface area contributed by atoms with Crippen LogP contribution in [0.2, 0.25) is 0 Å². The van der Waals surface area contributed by atoms with E-state index in [0.29, 0.717) is 10.9 Å². The number of halogens is 3. The van der Waals surface area contributed by atoms with Crippen LogP contribution in [0, 0.1) is 11.6 Å². The molecule has 0 aliphatic rings. The molecule has 0 spiro atoms. The highest BCUT2D eigenvalue weighted by Crippen LogP contribution is 2.26. The average molecular weight is 293 g/mol. The zero-order valence-corrected chi connectivity index (χ0v) is 10.5. The van der Waals surface area contributed by atoms with Gasteiger partial charge in [0, 0.05) is 10.9 Å². The van der Waals surface area contributed by atoms with Crippen LogP contribution in [0.3, 0.4) is 0 Å². The van der Waals surface area contributed by atoms with Crippen molar-refractivity contribution in [3.63, 3.8) is 0 Å². The predicted molar refractivity (Wildman–Crippen MR) is 59.4 cm³/mol. The minimum absolute atomic E-state index is 0.167. The first kappa shape index (κ1) is 13.1. The number of carbonyl (C=O) groups excluding carboxylic acids is 1. The summed E-state index contributed by atoms with van der Waals surface area (Å²) in [6.07, 6.45) is -0.493. The van der Waals surface area contributed by atoms with E-state index >= 15 is 0 Å². The summed E-state index contributed by atoms with van der Waals surface area (Å²) in [5.74, 6) is -2.53. The van der Waals surface area contributed by atoms with Crippen molar-refractivity contribution in [1.29, 1.82) is 0 Å². The second-order valence-corrected chi connectivity index (χ2v) is 4.20. The Bertz CT molecular complexity index is 407. The molecule has 5 heteroatoms. The van der Waals surface area contributed by atoms with E-state index in [1.54, 1.807) is 6.92 Å². The van der Waals surface area contributed by atoms with E-state index in [1.165, 1.54) is 13.0 Å². The minimum atomic E-state index is -1.08. The Morgan fingerprint density at radius 2 is 2.12 bits per heavy atom. The molecule has 1 atom stereocenters. The van der Waals surface area contributed by atoms with Gasteiger partial charge in [-0.15, -0.1) is 0 Å². The highest BCUT2D eigenvalue weighted by atomic mass is 79.9. The SMILES string of the molecule is CCC(=O)C(C)Oc1cc(Br)cc(F)c1F. The lowest BCUT2D eigenvalue weighted by Gasteiger charge is -2.13. The second kappa shape index (κ2) is 5.39. The first-order chi connectivity index (χ1) is 7.45. The number of hydrogen-bond acceptors (Lipinski definition) is 2. The topological polar surface area (TPSA) is 26.3 Å².